The highest BCUT2D eigenvalue weighted by Crippen LogP contribution is 2.19. The molecule has 1 amide bonds. The van der Waals surface area contributed by atoms with Gasteiger partial charge in [0.2, 0.25) is 0 Å². The highest BCUT2D eigenvalue weighted by Gasteiger charge is 2.12. The summed E-state index contributed by atoms with van der Waals surface area (Å²) in [5.74, 6) is 0.793. The standard InChI is InChI=1S/C16H19NO2S/c1-4-15-9-13(10-20-15)16(18)17-11(2)12-5-7-14(19-3)8-6-12/h5-11H,4H2,1-3H3,(H,17,18)/t11-/m1/s1. The molecule has 0 aliphatic carbocycles. The van der Waals surface area contributed by atoms with Gasteiger partial charge in [0.25, 0.3) is 5.91 Å². The molecule has 0 aliphatic heterocycles. The molecule has 1 aromatic carbocycles. The molecule has 1 N–H and O–H groups in total. The van der Waals surface area contributed by atoms with Gasteiger partial charge in [-0.15, -0.1) is 11.3 Å². The summed E-state index contributed by atoms with van der Waals surface area (Å²) in [7, 11) is 1.64. The first-order valence-electron chi connectivity index (χ1n) is 6.66. The Labute approximate surface area is 123 Å². The second-order valence-electron chi connectivity index (χ2n) is 4.62. The second-order valence-corrected chi connectivity index (χ2v) is 5.62. The predicted molar refractivity (Wildman–Crippen MR) is 82.6 cm³/mol. The summed E-state index contributed by atoms with van der Waals surface area (Å²) in [5, 5.41) is 4.93. The Kier molecular flexibility index (Phi) is 4.79. The maximum absolute atomic E-state index is 12.2. The highest BCUT2D eigenvalue weighted by molar-refractivity contribution is 7.10. The molecule has 2 rings (SSSR count). The van der Waals surface area contributed by atoms with Crippen LogP contribution in [0.2, 0.25) is 0 Å². The molecule has 1 aromatic heterocycles. The van der Waals surface area contributed by atoms with E-state index >= 15 is 0 Å². The van der Waals surface area contributed by atoms with E-state index in [0.717, 1.165) is 23.3 Å². The minimum absolute atomic E-state index is 0.0238. The van der Waals surface area contributed by atoms with Crippen LogP contribution in [0, 0.1) is 0 Å². The number of hydrogen-bond acceptors (Lipinski definition) is 3. The van der Waals surface area contributed by atoms with Crippen molar-refractivity contribution in [2.45, 2.75) is 26.3 Å². The molecule has 3 nitrogen and oxygen atoms in total. The lowest BCUT2D eigenvalue weighted by molar-refractivity contribution is 0.0940. The fourth-order valence-electron chi connectivity index (χ4n) is 1.94. The second kappa shape index (κ2) is 6.57. The van der Waals surface area contributed by atoms with Crippen LogP contribution in [0.1, 0.15) is 40.7 Å². The first kappa shape index (κ1) is 14.6. The monoisotopic (exact) mass is 289 g/mol. The predicted octanol–water partition coefficient (Wildman–Crippen LogP) is 3.81. The van der Waals surface area contributed by atoms with Gasteiger partial charge >= 0.3 is 0 Å². The number of carbonyl (C=O) groups excluding carboxylic acids is 1. The van der Waals surface area contributed by atoms with Crippen LogP contribution < -0.4 is 10.1 Å². The molecule has 0 fully saturated rings. The fourth-order valence-corrected chi connectivity index (χ4v) is 2.76. The summed E-state index contributed by atoms with van der Waals surface area (Å²) < 4.78 is 5.13. The average molecular weight is 289 g/mol. The lowest BCUT2D eigenvalue weighted by Crippen LogP contribution is -2.26. The van der Waals surface area contributed by atoms with Crippen molar-refractivity contribution in [3.63, 3.8) is 0 Å². The molecule has 0 unspecified atom stereocenters. The van der Waals surface area contributed by atoms with Crippen molar-refractivity contribution in [2.24, 2.45) is 0 Å². The molecular weight excluding hydrogens is 270 g/mol. The Morgan fingerprint density at radius 3 is 2.60 bits per heavy atom. The molecule has 1 atom stereocenters. The largest absolute Gasteiger partial charge is 0.497 e. The smallest absolute Gasteiger partial charge is 0.252 e. The van der Waals surface area contributed by atoms with Crippen LogP contribution in [-0.4, -0.2) is 13.0 Å². The number of carbonyl (C=O) groups is 1. The average Bonchev–Trinajstić information content (AvgIpc) is 2.96. The third-order valence-corrected chi connectivity index (χ3v) is 4.31. The quantitative estimate of drug-likeness (QED) is 0.909. The van der Waals surface area contributed by atoms with Crippen LogP contribution in [0.3, 0.4) is 0 Å². The van der Waals surface area contributed by atoms with Crippen LogP contribution in [0.25, 0.3) is 0 Å². The van der Waals surface area contributed by atoms with Crippen molar-refractivity contribution in [1.82, 2.24) is 5.32 Å². The number of benzene rings is 1. The Morgan fingerprint density at radius 1 is 1.35 bits per heavy atom. The Hall–Kier alpha value is -1.81. The number of ether oxygens (including phenoxy) is 1. The molecule has 0 spiro atoms. The summed E-state index contributed by atoms with van der Waals surface area (Å²) in [6, 6.07) is 9.67. The summed E-state index contributed by atoms with van der Waals surface area (Å²) in [5.41, 5.74) is 1.80. The molecule has 2 aromatic rings. The first-order chi connectivity index (χ1) is 9.63. The third kappa shape index (κ3) is 3.39. The zero-order valence-electron chi connectivity index (χ0n) is 12.0. The summed E-state index contributed by atoms with van der Waals surface area (Å²) in [6.07, 6.45) is 0.964. The lowest BCUT2D eigenvalue weighted by atomic mass is 10.1. The van der Waals surface area contributed by atoms with Crippen LogP contribution in [0.4, 0.5) is 0 Å². The van der Waals surface area contributed by atoms with Gasteiger partial charge in [-0.25, -0.2) is 0 Å². The van der Waals surface area contributed by atoms with Crippen LogP contribution >= 0.6 is 11.3 Å². The molecule has 0 aliphatic rings. The molecule has 0 saturated heterocycles. The third-order valence-electron chi connectivity index (χ3n) is 3.23. The van der Waals surface area contributed by atoms with Gasteiger partial charge in [0.05, 0.1) is 18.7 Å². The topological polar surface area (TPSA) is 38.3 Å². The van der Waals surface area contributed by atoms with E-state index in [-0.39, 0.29) is 11.9 Å². The fraction of sp³-hybridized carbons (Fsp3) is 0.312. The van der Waals surface area contributed by atoms with E-state index in [0.29, 0.717) is 0 Å². The van der Waals surface area contributed by atoms with Gasteiger partial charge in [0.1, 0.15) is 5.75 Å². The molecule has 0 radical (unpaired) electrons. The maximum Gasteiger partial charge on any atom is 0.252 e. The van der Waals surface area contributed by atoms with Crippen molar-refractivity contribution in [1.29, 1.82) is 0 Å². The van der Waals surface area contributed by atoms with E-state index in [1.165, 1.54) is 4.88 Å². The van der Waals surface area contributed by atoms with Gasteiger partial charge in [-0.05, 0) is 37.1 Å². The van der Waals surface area contributed by atoms with Crippen LogP contribution in [0.15, 0.2) is 35.7 Å². The number of thiophene rings is 1. The molecule has 106 valence electrons. The Morgan fingerprint density at radius 2 is 2.05 bits per heavy atom. The lowest BCUT2D eigenvalue weighted by Gasteiger charge is -2.14. The van der Waals surface area contributed by atoms with Crippen molar-refractivity contribution in [3.05, 3.63) is 51.7 Å². The molecule has 1 heterocycles. The number of amides is 1. The molecule has 20 heavy (non-hydrogen) atoms. The van der Waals surface area contributed by atoms with Crippen LogP contribution in [0.5, 0.6) is 5.75 Å². The first-order valence-corrected chi connectivity index (χ1v) is 7.54. The zero-order chi connectivity index (χ0) is 14.5. The van der Waals surface area contributed by atoms with Gasteiger partial charge in [0.15, 0.2) is 0 Å². The van der Waals surface area contributed by atoms with Gasteiger partial charge in [-0.2, -0.15) is 0 Å². The van der Waals surface area contributed by atoms with Crippen molar-refractivity contribution in [3.8, 4) is 5.75 Å². The van der Waals surface area contributed by atoms with E-state index in [1.54, 1.807) is 18.4 Å². The minimum atomic E-state index is -0.0293. The van der Waals surface area contributed by atoms with Crippen molar-refractivity contribution >= 4 is 17.2 Å². The van der Waals surface area contributed by atoms with Crippen molar-refractivity contribution < 1.29 is 9.53 Å². The number of nitrogens with one attached hydrogen (secondary N) is 1. The Balaban J connectivity index is 2.02. The molecular formula is C16H19NO2S. The number of methoxy groups -OCH3 is 1. The summed E-state index contributed by atoms with van der Waals surface area (Å²) in [6.45, 7) is 4.07. The van der Waals surface area contributed by atoms with Crippen LogP contribution in [-0.2, 0) is 6.42 Å². The van der Waals surface area contributed by atoms with Gasteiger partial charge < -0.3 is 10.1 Å². The SMILES string of the molecule is CCc1cc(C(=O)N[C@H](C)c2ccc(OC)cc2)cs1. The Bertz CT molecular complexity index is 574. The number of hydrogen-bond donors (Lipinski definition) is 1. The highest BCUT2D eigenvalue weighted by atomic mass is 32.1. The minimum Gasteiger partial charge on any atom is -0.497 e. The van der Waals surface area contributed by atoms with E-state index < -0.39 is 0 Å². The maximum atomic E-state index is 12.2. The zero-order valence-corrected chi connectivity index (χ0v) is 12.8. The summed E-state index contributed by atoms with van der Waals surface area (Å²) >= 11 is 1.63. The number of aryl methyl sites for hydroxylation is 1. The van der Waals surface area contributed by atoms with Gasteiger partial charge in [-0.3, -0.25) is 4.79 Å². The molecule has 4 heteroatoms. The van der Waals surface area contributed by atoms with E-state index in [2.05, 4.69) is 12.2 Å². The molecule has 0 saturated carbocycles. The van der Waals surface area contributed by atoms with Gasteiger partial charge in [0, 0.05) is 10.3 Å². The normalized spacial score (nSPS) is 11.9. The van der Waals surface area contributed by atoms with Crippen molar-refractivity contribution in [2.75, 3.05) is 7.11 Å². The van der Waals surface area contributed by atoms with E-state index in [9.17, 15) is 4.79 Å². The van der Waals surface area contributed by atoms with Gasteiger partial charge in [-0.1, -0.05) is 19.1 Å². The van der Waals surface area contributed by atoms with E-state index in [4.69, 9.17) is 4.74 Å². The molecule has 0 bridgehead atoms. The summed E-state index contributed by atoms with van der Waals surface area (Å²) in [4.78, 5) is 13.4. The van der Waals surface area contributed by atoms with E-state index in [1.807, 2.05) is 42.6 Å². The number of rotatable bonds is 5.